The Balaban J connectivity index is 0.00000338. The molecule has 9 heteroatoms. The van der Waals surface area contributed by atoms with Gasteiger partial charge in [0, 0.05) is 19.3 Å². The van der Waals surface area contributed by atoms with E-state index in [0.717, 1.165) is 16.9 Å². The lowest BCUT2D eigenvalue weighted by atomic mass is 10.2. The third-order valence-corrected chi connectivity index (χ3v) is 3.41. The van der Waals surface area contributed by atoms with E-state index in [4.69, 9.17) is 0 Å². The summed E-state index contributed by atoms with van der Waals surface area (Å²) >= 11 is 0. The van der Waals surface area contributed by atoms with E-state index in [-0.39, 0.29) is 30.5 Å². The van der Waals surface area contributed by atoms with Crippen molar-refractivity contribution in [2.24, 2.45) is 4.99 Å². The van der Waals surface area contributed by atoms with Gasteiger partial charge >= 0.3 is 6.18 Å². The Morgan fingerprint density at radius 2 is 1.92 bits per heavy atom. The summed E-state index contributed by atoms with van der Waals surface area (Å²) in [7, 11) is 0. The molecule has 144 valence electrons. The number of rotatable bonds is 6. The van der Waals surface area contributed by atoms with E-state index in [1.807, 2.05) is 50.4 Å². The molecular formula is C17H23F3IN5. The van der Waals surface area contributed by atoms with Crippen molar-refractivity contribution in [1.29, 1.82) is 0 Å². The highest BCUT2D eigenvalue weighted by molar-refractivity contribution is 14.0. The molecule has 2 rings (SSSR count). The maximum absolute atomic E-state index is 12.3. The molecule has 5 nitrogen and oxygen atoms in total. The van der Waals surface area contributed by atoms with Gasteiger partial charge in [0.1, 0.15) is 0 Å². The number of halogens is 4. The maximum Gasteiger partial charge on any atom is 0.390 e. The van der Waals surface area contributed by atoms with Crippen LogP contribution in [0.15, 0.2) is 41.5 Å². The van der Waals surface area contributed by atoms with E-state index >= 15 is 0 Å². The zero-order chi connectivity index (χ0) is 18.3. The Morgan fingerprint density at radius 1 is 1.19 bits per heavy atom. The Bertz CT molecular complexity index is 712. The molecule has 0 fully saturated rings. The van der Waals surface area contributed by atoms with Gasteiger partial charge in [0.25, 0.3) is 0 Å². The van der Waals surface area contributed by atoms with Gasteiger partial charge in [-0.1, -0.05) is 18.2 Å². The lowest BCUT2D eigenvalue weighted by Gasteiger charge is -2.13. The summed E-state index contributed by atoms with van der Waals surface area (Å²) in [5, 5.41) is 10.1. The minimum atomic E-state index is -4.19. The molecule has 2 N–H and O–H groups in total. The molecule has 1 heterocycles. The fraction of sp³-hybridized carbons (Fsp3) is 0.412. The maximum atomic E-state index is 12.3. The molecule has 26 heavy (non-hydrogen) atoms. The van der Waals surface area contributed by atoms with Gasteiger partial charge in [-0.15, -0.1) is 24.0 Å². The fourth-order valence-corrected chi connectivity index (χ4v) is 2.25. The highest BCUT2D eigenvalue weighted by Crippen LogP contribution is 2.18. The van der Waals surface area contributed by atoms with Crippen LogP contribution in [0.5, 0.6) is 0 Å². The third-order valence-electron chi connectivity index (χ3n) is 3.41. The number of aliphatic imine (C=N–C) groups is 1. The van der Waals surface area contributed by atoms with Crippen LogP contribution in [0.1, 0.15) is 24.6 Å². The fourth-order valence-electron chi connectivity index (χ4n) is 2.25. The van der Waals surface area contributed by atoms with Crippen LogP contribution in [0.25, 0.3) is 5.69 Å². The lowest BCUT2D eigenvalue weighted by molar-refractivity contribution is -0.132. The second kappa shape index (κ2) is 10.4. The largest absolute Gasteiger partial charge is 0.390 e. The number of alkyl halides is 3. The molecule has 0 aliphatic heterocycles. The van der Waals surface area contributed by atoms with Crippen molar-refractivity contribution in [3.05, 3.63) is 47.8 Å². The van der Waals surface area contributed by atoms with Crippen LogP contribution in [-0.2, 0) is 6.54 Å². The Kier molecular flexibility index (Phi) is 8.89. The van der Waals surface area contributed by atoms with Crippen molar-refractivity contribution in [1.82, 2.24) is 20.4 Å². The first-order valence-corrected chi connectivity index (χ1v) is 8.08. The number of nitrogens with one attached hydrogen (secondary N) is 2. The van der Waals surface area contributed by atoms with E-state index in [2.05, 4.69) is 20.7 Å². The van der Waals surface area contributed by atoms with Crippen LogP contribution < -0.4 is 10.6 Å². The summed E-state index contributed by atoms with van der Waals surface area (Å²) < 4.78 is 38.6. The van der Waals surface area contributed by atoms with Crippen molar-refractivity contribution in [2.75, 3.05) is 13.1 Å². The molecule has 0 atom stereocenters. The number of hydrogen-bond acceptors (Lipinski definition) is 2. The number of para-hydroxylation sites is 1. The van der Waals surface area contributed by atoms with E-state index < -0.39 is 12.6 Å². The van der Waals surface area contributed by atoms with Crippen LogP contribution in [0.3, 0.4) is 0 Å². The normalized spacial score (nSPS) is 11.8. The first-order chi connectivity index (χ1) is 11.9. The quantitative estimate of drug-likeness (QED) is 0.375. The van der Waals surface area contributed by atoms with E-state index in [9.17, 15) is 13.2 Å². The Morgan fingerprint density at radius 3 is 2.54 bits per heavy atom. The average Bonchev–Trinajstić information content (AvgIpc) is 2.98. The summed E-state index contributed by atoms with van der Waals surface area (Å²) in [6.45, 7) is 4.45. The smallest absolute Gasteiger partial charge is 0.357 e. The van der Waals surface area contributed by atoms with Gasteiger partial charge in [0.15, 0.2) is 5.96 Å². The highest BCUT2D eigenvalue weighted by atomic mass is 127. The van der Waals surface area contributed by atoms with Crippen LogP contribution in [-0.4, -0.2) is 35.0 Å². The number of guanidine groups is 1. The van der Waals surface area contributed by atoms with Gasteiger partial charge in [-0.3, -0.25) is 0 Å². The molecule has 0 bridgehead atoms. The van der Waals surface area contributed by atoms with Crippen LogP contribution >= 0.6 is 24.0 Å². The van der Waals surface area contributed by atoms with Gasteiger partial charge in [0.2, 0.25) is 0 Å². The molecule has 0 spiro atoms. The molecular weight excluding hydrogens is 458 g/mol. The summed E-state index contributed by atoms with van der Waals surface area (Å²) in [5.74, 6) is 0.359. The minimum absolute atomic E-state index is 0. The molecule has 0 aliphatic rings. The molecule has 0 amide bonds. The zero-order valence-electron chi connectivity index (χ0n) is 14.7. The van der Waals surface area contributed by atoms with Crippen LogP contribution in [0.4, 0.5) is 13.2 Å². The van der Waals surface area contributed by atoms with E-state index in [0.29, 0.717) is 19.0 Å². The average molecular weight is 481 g/mol. The predicted octanol–water partition coefficient (Wildman–Crippen LogP) is 3.81. The molecule has 0 saturated heterocycles. The number of aryl methyl sites for hydroxylation is 1. The second-order valence-corrected chi connectivity index (χ2v) is 5.52. The first kappa shape index (κ1) is 22.3. The summed E-state index contributed by atoms with van der Waals surface area (Å²) in [5.41, 5.74) is 2.73. The molecule has 1 aromatic heterocycles. The Hall–Kier alpha value is -1.78. The van der Waals surface area contributed by atoms with Gasteiger partial charge in [-0.25, -0.2) is 9.67 Å². The van der Waals surface area contributed by atoms with Crippen LogP contribution in [0, 0.1) is 6.92 Å². The molecule has 0 unspecified atom stereocenters. The second-order valence-electron chi connectivity index (χ2n) is 5.52. The van der Waals surface area contributed by atoms with Crippen molar-refractivity contribution in [3.8, 4) is 5.69 Å². The van der Waals surface area contributed by atoms with Crippen molar-refractivity contribution < 1.29 is 13.2 Å². The van der Waals surface area contributed by atoms with Gasteiger partial charge in [-0.05, 0) is 31.5 Å². The number of benzene rings is 1. The Labute approximate surface area is 168 Å². The van der Waals surface area contributed by atoms with Gasteiger partial charge < -0.3 is 10.6 Å². The number of aromatic nitrogens is 2. The third kappa shape index (κ3) is 7.22. The van der Waals surface area contributed by atoms with Crippen molar-refractivity contribution >= 4 is 29.9 Å². The molecule has 1 aromatic carbocycles. The topological polar surface area (TPSA) is 54.2 Å². The van der Waals surface area contributed by atoms with Crippen molar-refractivity contribution in [3.63, 3.8) is 0 Å². The van der Waals surface area contributed by atoms with Gasteiger partial charge in [0.05, 0.1) is 24.3 Å². The lowest BCUT2D eigenvalue weighted by Crippen LogP contribution is -2.38. The van der Waals surface area contributed by atoms with Crippen LogP contribution in [0.2, 0.25) is 0 Å². The van der Waals surface area contributed by atoms with Crippen molar-refractivity contribution in [2.45, 2.75) is 33.0 Å². The first-order valence-electron chi connectivity index (χ1n) is 8.08. The summed E-state index contributed by atoms with van der Waals surface area (Å²) in [6, 6.07) is 9.57. The molecule has 2 aromatic rings. The molecule has 0 saturated carbocycles. The summed E-state index contributed by atoms with van der Waals surface area (Å²) in [6.07, 6.45) is -3.22. The molecule has 0 radical (unpaired) electrons. The van der Waals surface area contributed by atoms with Gasteiger partial charge in [-0.2, -0.15) is 18.3 Å². The minimum Gasteiger partial charge on any atom is -0.357 e. The van der Waals surface area contributed by atoms with E-state index in [1.54, 1.807) is 4.68 Å². The number of hydrogen-bond donors (Lipinski definition) is 2. The SMILES string of the molecule is CCNC(=NCc1ccccc1-n1ccc(C)n1)NCCC(F)(F)F.I. The number of nitrogens with zero attached hydrogens (tertiary/aromatic N) is 3. The zero-order valence-corrected chi connectivity index (χ0v) is 17.0. The summed E-state index contributed by atoms with van der Waals surface area (Å²) in [4.78, 5) is 4.38. The monoisotopic (exact) mass is 481 g/mol. The standard InChI is InChI=1S/C17H22F3N5.HI/c1-3-21-16(22-10-9-17(18,19)20)23-12-14-6-4-5-7-15(14)25-11-8-13(2)24-25;/h4-8,11H,3,9-10,12H2,1-2H3,(H2,21,22,23);1H. The van der Waals surface area contributed by atoms with E-state index in [1.165, 1.54) is 0 Å². The predicted molar refractivity (Wildman–Crippen MR) is 107 cm³/mol. The molecule has 0 aliphatic carbocycles. The highest BCUT2D eigenvalue weighted by Gasteiger charge is 2.26.